The van der Waals surface area contributed by atoms with Crippen LogP contribution in [0.25, 0.3) is 0 Å². The highest BCUT2D eigenvalue weighted by molar-refractivity contribution is 5.91. The highest BCUT2D eigenvalue weighted by atomic mass is 16.3. The SMILES string of the molecule is CC(C)Cc1ccc(CN2CCc3nnc(CCNC(=O)c4ccco4)n3CC2)cc1. The minimum atomic E-state index is -0.203. The smallest absolute Gasteiger partial charge is 0.286 e. The minimum absolute atomic E-state index is 0.203. The van der Waals surface area contributed by atoms with Gasteiger partial charge < -0.3 is 14.3 Å². The molecule has 31 heavy (non-hydrogen) atoms. The number of aromatic nitrogens is 3. The third-order valence-corrected chi connectivity index (χ3v) is 5.65. The van der Waals surface area contributed by atoms with Crippen molar-refractivity contribution in [3.05, 3.63) is 71.2 Å². The van der Waals surface area contributed by atoms with Gasteiger partial charge in [-0.1, -0.05) is 38.1 Å². The van der Waals surface area contributed by atoms with Gasteiger partial charge in [0.2, 0.25) is 0 Å². The molecule has 7 nitrogen and oxygen atoms in total. The Morgan fingerprint density at radius 2 is 1.90 bits per heavy atom. The lowest BCUT2D eigenvalue weighted by Crippen LogP contribution is -2.28. The minimum Gasteiger partial charge on any atom is -0.459 e. The van der Waals surface area contributed by atoms with E-state index >= 15 is 0 Å². The van der Waals surface area contributed by atoms with Gasteiger partial charge in [-0.15, -0.1) is 10.2 Å². The van der Waals surface area contributed by atoms with E-state index in [1.807, 2.05) is 0 Å². The van der Waals surface area contributed by atoms with Crippen molar-refractivity contribution >= 4 is 5.91 Å². The largest absolute Gasteiger partial charge is 0.459 e. The maximum atomic E-state index is 12.0. The molecule has 0 atom stereocenters. The molecule has 2 aromatic heterocycles. The number of rotatable bonds is 8. The lowest BCUT2D eigenvalue weighted by atomic mass is 10.0. The number of carbonyl (C=O) groups is 1. The first-order valence-electron chi connectivity index (χ1n) is 11.1. The van der Waals surface area contributed by atoms with Crippen LogP contribution < -0.4 is 5.32 Å². The third kappa shape index (κ3) is 5.61. The maximum Gasteiger partial charge on any atom is 0.286 e. The standard InChI is InChI=1S/C24H31N5O2/c1-18(2)16-19-5-7-20(8-6-19)17-28-12-10-23-27-26-22(29(23)14-13-28)9-11-25-24(30)21-4-3-15-31-21/h3-8,15,18H,9-14,16-17H2,1-2H3,(H,25,30). The van der Waals surface area contributed by atoms with Crippen molar-refractivity contribution < 1.29 is 9.21 Å². The van der Waals surface area contributed by atoms with Crippen LogP contribution in [-0.2, 0) is 32.4 Å². The lowest BCUT2D eigenvalue weighted by Gasteiger charge is -2.20. The lowest BCUT2D eigenvalue weighted by molar-refractivity contribution is 0.0926. The monoisotopic (exact) mass is 421 g/mol. The van der Waals surface area contributed by atoms with Gasteiger partial charge in [0.15, 0.2) is 5.76 Å². The Bertz CT molecular complexity index is 976. The number of amides is 1. The van der Waals surface area contributed by atoms with Crippen LogP contribution in [0.15, 0.2) is 47.1 Å². The molecule has 1 aliphatic heterocycles. The van der Waals surface area contributed by atoms with Crippen molar-refractivity contribution in [2.75, 3.05) is 19.6 Å². The zero-order valence-corrected chi connectivity index (χ0v) is 18.4. The molecule has 0 bridgehead atoms. The third-order valence-electron chi connectivity index (χ3n) is 5.65. The van der Waals surface area contributed by atoms with Crippen molar-refractivity contribution in [3.8, 4) is 0 Å². The molecule has 1 aromatic carbocycles. The van der Waals surface area contributed by atoms with E-state index < -0.39 is 0 Å². The molecule has 0 aliphatic carbocycles. The van der Waals surface area contributed by atoms with Crippen LogP contribution in [0.1, 0.15) is 47.2 Å². The molecule has 3 heterocycles. The summed E-state index contributed by atoms with van der Waals surface area (Å²) >= 11 is 0. The number of nitrogens with zero attached hydrogens (tertiary/aromatic N) is 4. The van der Waals surface area contributed by atoms with Crippen LogP contribution in [0.5, 0.6) is 0 Å². The topological polar surface area (TPSA) is 76.2 Å². The molecular weight excluding hydrogens is 390 g/mol. The first-order chi connectivity index (χ1) is 15.1. The molecule has 0 saturated heterocycles. The average molecular weight is 422 g/mol. The van der Waals surface area contributed by atoms with Crippen LogP contribution in [-0.4, -0.2) is 45.2 Å². The van der Waals surface area contributed by atoms with Gasteiger partial charge in [0.05, 0.1) is 6.26 Å². The summed E-state index contributed by atoms with van der Waals surface area (Å²) in [6.07, 6.45) is 4.16. The van der Waals surface area contributed by atoms with E-state index in [2.05, 4.69) is 63.1 Å². The van der Waals surface area contributed by atoms with Crippen molar-refractivity contribution in [2.24, 2.45) is 5.92 Å². The Hall–Kier alpha value is -2.93. The first kappa shape index (κ1) is 21.3. The predicted octanol–water partition coefficient (Wildman–Crippen LogP) is 3.10. The van der Waals surface area contributed by atoms with E-state index in [0.29, 0.717) is 24.6 Å². The second-order valence-electron chi connectivity index (χ2n) is 8.61. The van der Waals surface area contributed by atoms with E-state index in [9.17, 15) is 4.79 Å². The number of carbonyl (C=O) groups excluding carboxylic acids is 1. The second-order valence-corrected chi connectivity index (χ2v) is 8.61. The van der Waals surface area contributed by atoms with Gasteiger partial charge in [-0.3, -0.25) is 9.69 Å². The summed E-state index contributed by atoms with van der Waals surface area (Å²) in [6.45, 7) is 8.77. The molecule has 1 N–H and O–H groups in total. The van der Waals surface area contributed by atoms with E-state index in [1.165, 1.54) is 17.4 Å². The zero-order chi connectivity index (χ0) is 21.6. The number of fused-ring (bicyclic) bond motifs is 1. The Kier molecular flexibility index (Phi) is 6.82. The molecule has 1 aliphatic rings. The highest BCUT2D eigenvalue weighted by Gasteiger charge is 2.19. The van der Waals surface area contributed by atoms with Gasteiger partial charge in [0.25, 0.3) is 5.91 Å². The molecule has 4 rings (SSSR count). The van der Waals surface area contributed by atoms with Crippen LogP contribution in [0.2, 0.25) is 0 Å². The summed E-state index contributed by atoms with van der Waals surface area (Å²) in [6, 6.07) is 12.4. The van der Waals surface area contributed by atoms with Crippen LogP contribution in [0.3, 0.4) is 0 Å². The summed E-state index contributed by atoms with van der Waals surface area (Å²) in [7, 11) is 0. The Morgan fingerprint density at radius 1 is 1.10 bits per heavy atom. The van der Waals surface area contributed by atoms with Gasteiger partial charge in [-0.05, 0) is 35.6 Å². The second kappa shape index (κ2) is 9.92. The average Bonchev–Trinajstić information content (AvgIpc) is 3.37. The van der Waals surface area contributed by atoms with E-state index in [1.54, 1.807) is 12.1 Å². The molecule has 3 aromatic rings. The predicted molar refractivity (Wildman–Crippen MR) is 119 cm³/mol. The van der Waals surface area contributed by atoms with Gasteiger partial charge in [-0.2, -0.15) is 0 Å². The van der Waals surface area contributed by atoms with E-state index in [-0.39, 0.29) is 5.91 Å². The Balaban J connectivity index is 1.29. The number of benzene rings is 1. The molecule has 164 valence electrons. The Morgan fingerprint density at radius 3 is 2.65 bits per heavy atom. The fourth-order valence-electron chi connectivity index (χ4n) is 4.06. The van der Waals surface area contributed by atoms with Crippen LogP contribution in [0.4, 0.5) is 0 Å². The number of nitrogens with one attached hydrogen (secondary N) is 1. The van der Waals surface area contributed by atoms with Gasteiger partial charge >= 0.3 is 0 Å². The van der Waals surface area contributed by atoms with Gasteiger partial charge in [0, 0.05) is 45.6 Å². The molecule has 0 fully saturated rings. The van der Waals surface area contributed by atoms with Gasteiger partial charge in [0.1, 0.15) is 11.6 Å². The highest BCUT2D eigenvalue weighted by Crippen LogP contribution is 2.15. The molecule has 0 spiro atoms. The first-order valence-corrected chi connectivity index (χ1v) is 11.1. The number of hydrogen-bond acceptors (Lipinski definition) is 5. The number of hydrogen-bond donors (Lipinski definition) is 1. The summed E-state index contributed by atoms with van der Waals surface area (Å²) in [5, 5.41) is 11.6. The summed E-state index contributed by atoms with van der Waals surface area (Å²) in [5.41, 5.74) is 2.76. The van der Waals surface area contributed by atoms with E-state index in [4.69, 9.17) is 4.42 Å². The molecule has 0 radical (unpaired) electrons. The molecule has 0 saturated carbocycles. The van der Waals surface area contributed by atoms with Crippen molar-refractivity contribution in [1.29, 1.82) is 0 Å². The van der Waals surface area contributed by atoms with Crippen molar-refractivity contribution in [1.82, 2.24) is 25.0 Å². The quantitative estimate of drug-likeness (QED) is 0.605. The number of furan rings is 1. The fraction of sp³-hybridized carbons (Fsp3) is 0.458. The van der Waals surface area contributed by atoms with Crippen LogP contribution >= 0.6 is 0 Å². The molecule has 1 amide bonds. The normalized spacial score (nSPS) is 14.4. The van der Waals surface area contributed by atoms with Gasteiger partial charge in [-0.25, -0.2) is 0 Å². The summed E-state index contributed by atoms with van der Waals surface area (Å²) in [4.78, 5) is 14.5. The molecule has 7 heteroatoms. The van der Waals surface area contributed by atoms with Crippen molar-refractivity contribution in [2.45, 2.75) is 46.2 Å². The molecular formula is C24H31N5O2. The summed E-state index contributed by atoms with van der Waals surface area (Å²) < 4.78 is 7.34. The van der Waals surface area contributed by atoms with Crippen LogP contribution in [0, 0.1) is 5.92 Å². The Labute approximate surface area is 183 Å². The zero-order valence-electron chi connectivity index (χ0n) is 18.4. The fourth-order valence-corrected chi connectivity index (χ4v) is 4.06. The van der Waals surface area contributed by atoms with Crippen molar-refractivity contribution in [3.63, 3.8) is 0 Å². The summed E-state index contributed by atoms with van der Waals surface area (Å²) in [5.74, 6) is 2.76. The molecule has 0 unspecified atom stereocenters. The van der Waals surface area contributed by atoms with E-state index in [0.717, 1.165) is 50.7 Å². The maximum absolute atomic E-state index is 12.0.